The van der Waals surface area contributed by atoms with E-state index in [1.807, 2.05) is 0 Å². The molecule has 140 valence electrons. The Morgan fingerprint density at radius 1 is 0.917 bits per heavy atom. The second kappa shape index (κ2) is 10.6. The SMILES string of the molecule is CC(=O)C1CCC(N2CCN(CCCCCCC(C)C)CC2)CC1. The van der Waals surface area contributed by atoms with Gasteiger partial charge in [-0.25, -0.2) is 0 Å². The van der Waals surface area contributed by atoms with Crippen LogP contribution in [0.4, 0.5) is 0 Å². The van der Waals surface area contributed by atoms with Crippen LogP contribution in [0, 0.1) is 11.8 Å². The Labute approximate surface area is 150 Å². The molecule has 0 N–H and O–H groups in total. The van der Waals surface area contributed by atoms with Gasteiger partial charge in [0, 0.05) is 38.1 Å². The number of ketones is 1. The summed E-state index contributed by atoms with van der Waals surface area (Å²) < 4.78 is 0. The summed E-state index contributed by atoms with van der Waals surface area (Å²) in [4.78, 5) is 16.9. The van der Waals surface area contributed by atoms with Gasteiger partial charge in [-0.1, -0.05) is 39.5 Å². The first-order valence-corrected chi connectivity index (χ1v) is 10.5. The van der Waals surface area contributed by atoms with Gasteiger partial charge in [0.05, 0.1) is 0 Å². The number of unbranched alkanes of at least 4 members (excludes halogenated alkanes) is 3. The highest BCUT2D eigenvalue weighted by Gasteiger charge is 2.29. The molecule has 0 aromatic rings. The van der Waals surface area contributed by atoms with Gasteiger partial charge in [0.2, 0.25) is 0 Å². The minimum absolute atomic E-state index is 0.359. The quantitative estimate of drug-likeness (QED) is 0.585. The smallest absolute Gasteiger partial charge is 0.132 e. The van der Waals surface area contributed by atoms with Crippen LogP contribution in [0.2, 0.25) is 0 Å². The van der Waals surface area contributed by atoms with Gasteiger partial charge in [0.25, 0.3) is 0 Å². The van der Waals surface area contributed by atoms with E-state index in [4.69, 9.17) is 0 Å². The van der Waals surface area contributed by atoms with Crippen molar-refractivity contribution in [1.29, 1.82) is 0 Å². The van der Waals surface area contributed by atoms with E-state index in [2.05, 4.69) is 23.6 Å². The van der Waals surface area contributed by atoms with Gasteiger partial charge in [-0.3, -0.25) is 9.69 Å². The fourth-order valence-corrected chi connectivity index (χ4v) is 4.44. The number of carbonyl (C=O) groups excluding carboxylic acids is 1. The number of rotatable bonds is 9. The van der Waals surface area contributed by atoms with Crippen molar-refractivity contribution >= 4 is 5.78 Å². The summed E-state index contributed by atoms with van der Waals surface area (Å²) in [5.74, 6) is 1.63. The van der Waals surface area contributed by atoms with Gasteiger partial charge in [0.15, 0.2) is 0 Å². The topological polar surface area (TPSA) is 23.6 Å². The first kappa shape index (κ1) is 19.9. The maximum Gasteiger partial charge on any atom is 0.132 e. The molecule has 1 aliphatic heterocycles. The zero-order chi connectivity index (χ0) is 17.4. The number of Topliss-reactive ketones (excluding diaryl/α,β-unsaturated/α-hetero) is 1. The van der Waals surface area contributed by atoms with E-state index in [1.54, 1.807) is 6.92 Å². The summed E-state index contributed by atoms with van der Waals surface area (Å²) in [6.45, 7) is 12.7. The predicted molar refractivity (Wildman–Crippen MR) is 102 cm³/mol. The molecule has 1 aliphatic carbocycles. The molecule has 1 heterocycles. The molecule has 0 atom stereocenters. The molecule has 3 nitrogen and oxygen atoms in total. The number of hydrogen-bond donors (Lipinski definition) is 0. The Kier molecular flexibility index (Phi) is 8.75. The number of carbonyl (C=O) groups is 1. The highest BCUT2D eigenvalue weighted by Crippen LogP contribution is 2.28. The lowest BCUT2D eigenvalue weighted by molar-refractivity contribution is -0.122. The van der Waals surface area contributed by atoms with Gasteiger partial charge in [-0.15, -0.1) is 0 Å². The van der Waals surface area contributed by atoms with E-state index in [0.29, 0.717) is 11.7 Å². The third-order valence-corrected chi connectivity index (χ3v) is 6.20. The largest absolute Gasteiger partial charge is 0.301 e. The Hall–Kier alpha value is -0.410. The number of hydrogen-bond acceptors (Lipinski definition) is 3. The molecular weight excluding hydrogens is 296 g/mol. The molecule has 0 radical (unpaired) electrons. The van der Waals surface area contributed by atoms with Crippen molar-refractivity contribution in [3.63, 3.8) is 0 Å². The number of piperazine rings is 1. The zero-order valence-corrected chi connectivity index (χ0v) is 16.4. The second-order valence-corrected chi connectivity index (χ2v) is 8.59. The second-order valence-electron chi connectivity index (χ2n) is 8.59. The molecule has 1 saturated heterocycles. The van der Waals surface area contributed by atoms with E-state index in [0.717, 1.165) is 24.8 Å². The summed E-state index contributed by atoms with van der Waals surface area (Å²) in [5, 5.41) is 0. The zero-order valence-electron chi connectivity index (χ0n) is 16.4. The Bertz CT molecular complexity index is 353. The fourth-order valence-electron chi connectivity index (χ4n) is 4.44. The van der Waals surface area contributed by atoms with Crippen molar-refractivity contribution in [2.75, 3.05) is 32.7 Å². The molecule has 24 heavy (non-hydrogen) atoms. The molecular formula is C21H40N2O. The fraction of sp³-hybridized carbons (Fsp3) is 0.952. The monoisotopic (exact) mass is 336 g/mol. The Morgan fingerprint density at radius 2 is 1.54 bits per heavy atom. The van der Waals surface area contributed by atoms with Crippen molar-refractivity contribution in [2.45, 2.75) is 84.6 Å². The predicted octanol–water partition coefficient (Wildman–Crippen LogP) is 4.36. The first-order chi connectivity index (χ1) is 11.6. The van der Waals surface area contributed by atoms with Crippen molar-refractivity contribution in [1.82, 2.24) is 9.80 Å². The highest BCUT2D eigenvalue weighted by atomic mass is 16.1. The standard InChI is InChI=1S/C21H40N2O/c1-18(2)8-6-4-5-7-13-22-14-16-23(17-15-22)21-11-9-20(10-12-21)19(3)24/h18,20-21H,4-17H2,1-3H3. The molecule has 2 rings (SSSR count). The molecule has 3 heteroatoms. The third kappa shape index (κ3) is 6.84. The van der Waals surface area contributed by atoms with Gasteiger partial charge in [-0.2, -0.15) is 0 Å². The van der Waals surface area contributed by atoms with Crippen LogP contribution < -0.4 is 0 Å². The average molecular weight is 337 g/mol. The van der Waals surface area contributed by atoms with Crippen molar-refractivity contribution < 1.29 is 4.79 Å². The normalized spacial score (nSPS) is 26.8. The highest BCUT2D eigenvalue weighted by molar-refractivity contribution is 5.78. The Balaban J connectivity index is 1.53. The lowest BCUT2D eigenvalue weighted by Gasteiger charge is -2.41. The van der Waals surface area contributed by atoms with Crippen LogP contribution in [-0.4, -0.2) is 54.3 Å². The maximum atomic E-state index is 11.5. The minimum Gasteiger partial charge on any atom is -0.301 e. The minimum atomic E-state index is 0.359. The van der Waals surface area contributed by atoms with Crippen LogP contribution in [0.1, 0.15) is 78.6 Å². The lowest BCUT2D eigenvalue weighted by atomic mass is 9.83. The van der Waals surface area contributed by atoms with Crippen LogP contribution in [-0.2, 0) is 4.79 Å². The first-order valence-electron chi connectivity index (χ1n) is 10.5. The molecule has 0 aromatic heterocycles. The summed E-state index contributed by atoms with van der Waals surface area (Å²) in [5.41, 5.74) is 0. The van der Waals surface area contributed by atoms with Crippen molar-refractivity contribution in [3.05, 3.63) is 0 Å². The van der Waals surface area contributed by atoms with Gasteiger partial charge in [0.1, 0.15) is 5.78 Å². The average Bonchev–Trinajstić information content (AvgIpc) is 2.58. The van der Waals surface area contributed by atoms with E-state index >= 15 is 0 Å². The van der Waals surface area contributed by atoms with E-state index in [1.165, 1.54) is 77.7 Å². The molecule has 0 spiro atoms. The van der Waals surface area contributed by atoms with Gasteiger partial charge in [-0.05, 0) is 51.5 Å². The van der Waals surface area contributed by atoms with E-state index in [9.17, 15) is 4.79 Å². The summed E-state index contributed by atoms with van der Waals surface area (Å²) >= 11 is 0. The van der Waals surface area contributed by atoms with Crippen LogP contribution in [0.3, 0.4) is 0 Å². The summed E-state index contributed by atoms with van der Waals surface area (Å²) in [6, 6.07) is 0.749. The molecule has 0 bridgehead atoms. The number of nitrogens with zero attached hydrogens (tertiary/aromatic N) is 2. The molecule has 0 amide bonds. The lowest BCUT2D eigenvalue weighted by Crippen LogP contribution is -2.51. The molecule has 0 aromatic carbocycles. The van der Waals surface area contributed by atoms with Crippen LogP contribution in [0.5, 0.6) is 0 Å². The van der Waals surface area contributed by atoms with Gasteiger partial charge >= 0.3 is 0 Å². The van der Waals surface area contributed by atoms with Crippen molar-refractivity contribution in [3.8, 4) is 0 Å². The van der Waals surface area contributed by atoms with Crippen molar-refractivity contribution in [2.24, 2.45) is 11.8 Å². The molecule has 2 aliphatic rings. The summed E-state index contributed by atoms with van der Waals surface area (Å²) in [7, 11) is 0. The molecule has 2 fully saturated rings. The summed E-state index contributed by atoms with van der Waals surface area (Å²) in [6.07, 6.45) is 11.7. The van der Waals surface area contributed by atoms with Crippen LogP contribution >= 0.6 is 0 Å². The van der Waals surface area contributed by atoms with Crippen LogP contribution in [0.25, 0.3) is 0 Å². The van der Waals surface area contributed by atoms with E-state index < -0.39 is 0 Å². The van der Waals surface area contributed by atoms with Gasteiger partial charge < -0.3 is 4.90 Å². The van der Waals surface area contributed by atoms with Crippen LogP contribution in [0.15, 0.2) is 0 Å². The Morgan fingerprint density at radius 3 is 2.12 bits per heavy atom. The molecule has 1 saturated carbocycles. The molecule has 0 unspecified atom stereocenters. The maximum absolute atomic E-state index is 11.5. The van der Waals surface area contributed by atoms with E-state index in [-0.39, 0.29) is 0 Å². The third-order valence-electron chi connectivity index (χ3n) is 6.20.